The predicted molar refractivity (Wildman–Crippen MR) is 66.7 cm³/mol. The van der Waals surface area contributed by atoms with Crippen molar-refractivity contribution in [1.82, 2.24) is 4.90 Å². The van der Waals surface area contributed by atoms with Gasteiger partial charge in [0.1, 0.15) is 12.0 Å². The molecule has 0 bridgehead atoms. The number of hydrogen-bond acceptors (Lipinski definition) is 5. The van der Waals surface area contributed by atoms with Crippen LogP contribution in [0.1, 0.15) is 18.6 Å². The van der Waals surface area contributed by atoms with Gasteiger partial charge in [0.25, 0.3) is 0 Å². The lowest BCUT2D eigenvalue weighted by Gasteiger charge is -2.34. The van der Waals surface area contributed by atoms with E-state index in [0.717, 1.165) is 12.3 Å². The lowest BCUT2D eigenvalue weighted by molar-refractivity contribution is -0.223. The number of hydrogen-bond donors (Lipinski definition) is 2. The Balaban J connectivity index is 1.89. The lowest BCUT2D eigenvalue weighted by Crippen LogP contribution is -2.43. The first kappa shape index (κ1) is 15.8. The van der Waals surface area contributed by atoms with Gasteiger partial charge in [-0.25, -0.2) is 0 Å². The van der Waals surface area contributed by atoms with Crippen LogP contribution in [0, 0.1) is 5.92 Å². The van der Waals surface area contributed by atoms with Crippen LogP contribution in [0.4, 0.5) is 13.2 Å². The van der Waals surface area contributed by atoms with E-state index in [2.05, 4.69) is 0 Å². The maximum atomic E-state index is 12.4. The molecule has 0 aromatic carbocycles. The van der Waals surface area contributed by atoms with E-state index in [1.807, 2.05) is 4.90 Å². The van der Waals surface area contributed by atoms with Gasteiger partial charge in [-0.1, -0.05) is 0 Å². The molecule has 1 saturated heterocycles. The summed E-state index contributed by atoms with van der Waals surface area (Å²) < 4.78 is 42.3. The maximum Gasteiger partial charge on any atom is 0.414 e. The van der Waals surface area contributed by atoms with Gasteiger partial charge in [-0.05, 0) is 31.8 Å². The molecule has 1 aliphatic heterocycles. The summed E-state index contributed by atoms with van der Waals surface area (Å²) in [6.07, 6.45) is -5.48. The Labute approximate surface area is 118 Å². The van der Waals surface area contributed by atoms with E-state index in [9.17, 15) is 23.1 Å². The second-order valence-electron chi connectivity index (χ2n) is 5.20. The molecule has 0 amide bonds. The van der Waals surface area contributed by atoms with Crippen molar-refractivity contribution in [1.29, 1.82) is 0 Å². The van der Waals surface area contributed by atoms with E-state index in [1.165, 1.54) is 0 Å². The molecule has 1 fully saturated rings. The monoisotopic (exact) mass is 307 g/mol. The molecule has 5 nitrogen and oxygen atoms in total. The summed E-state index contributed by atoms with van der Waals surface area (Å²) in [4.78, 5) is 13.1. The van der Waals surface area contributed by atoms with Crippen molar-refractivity contribution >= 4 is 0 Å². The fourth-order valence-electron chi connectivity index (χ4n) is 2.44. The van der Waals surface area contributed by atoms with Gasteiger partial charge in [0.2, 0.25) is 5.43 Å². The molecular formula is C13H16F3NO4. The number of aliphatic hydroxyl groups is 1. The van der Waals surface area contributed by atoms with E-state index in [-0.39, 0.29) is 19.4 Å². The minimum absolute atomic E-state index is 0.225. The van der Waals surface area contributed by atoms with Crippen molar-refractivity contribution in [3.05, 3.63) is 28.3 Å². The van der Waals surface area contributed by atoms with E-state index >= 15 is 0 Å². The van der Waals surface area contributed by atoms with Crippen molar-refractivity contribution in [3.8, 4) is 5.75 Å². The van der Waals surface area contributed by atoms with Crippen molar-refractivity contribution < 1.29 is 27.8 Å². The molecule has 1 aromatic rings. The first-order chi connectivity index (χ1) is 9.77. The largest absolute Gasteiger partial charge is 0.502 e. The SMILES string of the molecule is O=c1cc(CN2CCC(C(O)C(F)(F)F)CC2)occ1O. The third kappa shape index (κ3) is 3.98. The van der Waals surface area contributed by atoms with Crippen LogP contribution < -0.4 is 5.43 Å². The average molecular weight is 307 g/mol. The van der Waals surface area contributed by atoms with Crippen molar-refractivity contribution in [2.75, 3.05) is 13.1 Å². The van der Waals surface area contributed by atoms with Gasteiger partial charge in [-0.3, -0.25) is 9.69 Å². The average Bonchev–Trinajstić information content (AvgIpc) is 2.42. The third-order valence-electron chi connectivity index (χ3n) is 3.66. The van der Waals surface area contributed by atoms with Crippen LogP contribution >= 0.6 is 0 Å². The summed E-state index contributed by atoms with van der Waals surface area (Å²) in [6.45, 7) is 1.04. The van der Waals surface area contributed by atoms with Gasteiger partial charge in [0, 0.05) is 6.07 Å². The Morgan fingerprint density at radius 1 is 1.38 bits per heavy atom. The molecule has 2 N–H and O–H groups in total. The lowest BCUT2D eigenvalue weighted by atomic mass is 9.91. The van der Waals surface area contributed by atoms with Gasteiger partial charge in [-0.2, -0.15) is 13.2 Å². The zero-order chi connectivity index (χ0) is 15.6. The Morgan fingerprint density at radius 2 is 2.00 bits per heavy atom. The molecule has 118 valence electrons. The number of aromatic hydroxyl groups is 1. The number of rotatable bonds is 3. The molecule has 0 aliphatic carbocycles. The fourth-order valence-corrected chi connectivity index (χ4v) is 2.44. The number of likely N-dealkylation sites (tertiary alicyclic amines) is 1. The van der Waals surface area contributed by atoms with E-state index < -0.39 is 29.4 Å². The standard InChI is InChI=1S/C13H16F3NO4/c14-13(15,16)12(20)8-1-3-17(4-2-8)6-9-5-10(18)11(19)7-21-9/h5,7-8,12,19-20H,1-4,6H2. The van der Waals surface area contributed by atoms with Gasteiger partial charge in [0.05, 0.1) is 6.54 Å². The predicted octanol–water partition coefficient (Wildman–Crippen LogP) is 1.48. The Morgan fingerprint density at radius 3 is 2.52 bits per heavy atom. The van der Waals surface area contributed by atoms with Gasteiger partial charge >= 0.3 is 6.18 Å². The van der Waals surface area contributed by atoms with Crippen molar-refractivity contribution in [2.24, 2.45) is 5.92 Å². The first-order valence-corrected chi connectivity index (χ1v) is 6.55. The fraction of sp³-hybridized carbons (Fsp3) is 0.615. The highest BCUT2D eigenvalue weighted by Gasteiger charge is 2.44. The molecular weight excluding hydrogens is 291 g/mol. The molecule has 2 rings (SSSR count). The van der Waals surface area contributed by atoms with E-state index in [4.69, 9.17) is 9.52 Å². The normalized spacial score (nSPS) is 19.6. The molecule has 0 spiro atoms. The quantitative estimate of drug-likeness (QED) is 0.885. The third-order valence-corrected chi connectivity index (χ3v) is 3.66. The summed E-state index contributed by atoms with van der Waals surface area (Å²) in [7, 11) is 0. The molecule has 1 atom stereocenters. The number of nitrogens with zero attached hydrogens (tertiary/aromatic N) is 1. The second-order valence-corrected chi connectivity index (χ2v) is 5.20. The summed E-state index contributed by atoms with van der Waals surface area (Å²) in [5, 5.41) is 18.3. The van der Waals surface area contributed by atoms with E-state index in [0.29, 0.717) is 18.8 Å². The molecule has 1 aliphatic rings. The van der Waals surface area contributed by atoms with Crippen LogP contribution in [-0.4, -0.2) is 40.5 Å². The molecule has 0 saturated carbocycles. The van der Waals surface area contributed by atoms with Crippen LogP contribution in [0.25, 0.3) is 0 Å². The molecule has 0 radical (unpaired) electrons. The number of halogens is 3. The smallest absolute Gasteiger partial charge is 0.414 e. The highest BCUT2D eigenvalue weighted by Crippen LogP contribution is 2.31. The molecule has 2 heterocycles. The zero-order valence-electron chi connectivity index (χ0n) is 11.1. The number of piperidine rings is 1. The van der Waals surface area contributed by atoms with Gasteiger partial charge in [-0.15, -0.1) is 0 Å². The van der Waals surface area contributed by atoms with Crippen LogP contribution in [0.15, 0.2) is 21.5 Å². The van der Waals surface area contributed by atoms with Crippen LogP contribution in [0.2, 0.25) is 0 Å². The van der Waals surface area contributed by atoms with Crippen molar-refractivity contribution in [3.63, 3.8) is 0 Å². The molecule has 8 heteroatoms. The molecule has 1 unspecified atom stereocenters. The summed E-state index contributed by atoms with van der Waals surface area (Å²) in [5.74, 6) is -0.938. The molecule has 21 heavy (non-hydrogen) atoms. The van der Waals surface area contributed by atoms with Gasteiger partial charge < -0.3 is 14.6 Å². The number of aliphatic hydroxyl groups excluding tert-OH is 1. The first-order valence-electron chi connectivity index (χ1n) is 6.55. The highest BCUT2D eigenvalue weighted by molar-refractivity contribution is 5.15. The second kappa shape index (κ2) is 6.07. The summed E-state index contributed by atoms with van der Waals surface area (Å²) in [6, 6.07) is 1.16. The maximum absolute atomic E-state index is 12.4. The van der Waals surface area contributed by atoms with Crippen LogP contribution in [-0.2, 0) is 6.54 Å². The summed E-state index contributed by atoms with van der Waals surface area (Å²) in [5.41, 5.74) is -0.557. The van der Waals surface area contributed by atoms with Gasteiger partial charge in [0.15, 0.2) is 11.9 Å². The Kier molecular flexibility index (Phi) is 4.58. The Hall–Kier alpha value is -1.54. The van der Waals surface area contributed by atoms with Crippen molar-refractivity contribution in [2.45, 2.75) is 31.7 Å². The number of alkyl halides is 3. The zero-order valence-corrected chi connectivity index (χ0v) is 11.1. The topological polar surface area (TPSA) is 73.9 Å². The van der Waals surface area contributed by atoms with Crippen LogP contribution in [0.5, 0.6) is 5.75 Å². The minimum Gasteiger partial charge on any atom is -0.502 e. The highest BCUT2D eigenvalue weighted by atomic mass is 19.4. The minimum atomic E-state index is -4.59. The molecule has 1 aromatic heterocycles. The van der Waals surface area contributed by atoms with Crippen LogP contribution in [0.3, 0.4) is 0 Å². The van der Waals surface area contributed by atoms with E-state index in [1.54, 1.807) is 0 Å². The Bertz CT molecular complexity index is 535. The summed E-state index contributed by atoms with van der Waals surface area (Å²) >= 11 is 0.